The maximum atomic E-state index is 12.3. The molecular weight excluding hydrogens is 273 g/mol. The molecule has 1 saturated heterocycles. The highest BCUT2D eigenvalue weighted by atomic mass is 19.4. The molecule has 7 heteroatoms. The van der Waals surface area contributed by atoms with Crippen molar-refractivity contribution in [3.63, 3.8) is 0 Å². The third-order valence-electron chi connectivity index (χ3n) is 3.49. The molecule has 0 unspecified atom stereocenters. The Balaban J connectivity index is 2.26. The van der Waals surface area contributed by atoms with Crippen molar-refractivity contribution in [1.29, 1.82) is 0 Å². The van der Waals surface area contributed by atoms with E-state index in [0.717, 1.165) is 17.7 Å². The number of carbonyl (C=O) groups is 2. The molecule has 0 saturated carbocycles. The molecule has 0 atom stereocenters. The number of hydrogen-bond acceptors (Lipinski definition) is 2. The first-order valence-electron chi connectivity index (χ1n) is 6.97. The van der Waals surface area contributed by atoms with E-state index in [4.69, 9.17) is 0 Å². The van der Waals surface area contributed by atoms with Gasteiger partial charge >= 0.3 is 12.1 Å². The second-order valence-electron chi connectivity index (χ2n) is 5.14. The van der Waals surface area contributed by atoms with Gasteiger partial charge in [-0.05, 0) is 25.2 Å². The zero-order valence-corrected chi connectivity index (χ0v) is 11.6. The summed E-state index contributed by atoms with van der Waals surface area (Å²) in [6, 6.07) is 0. The summed E-state index contributed by atoms with van der Waals surface area (Å²) in [6.07, 6.45) is -1.52. The lowest BCUT2D eigenvalue weighted by Crippen LogP contribution is -2.46. The molecule has 1 fully saturated rings. The van der Waals surface area contributed by atoms with E-state index in [0.29, 0.717) is 25.8 Å². The van der Waals surface area contributed by atoms with Gasteiger partial charge in [0, 0.05) is 26.1 Å². The number of alkyl halides is 3. The van der Waals surface area contributed by atoms with Gasteiger partial charge < -0.3 is 10.2 Å². The first-order chi connectivity index (χ1) is 9.34. The maximum Gasteiger partial charge on any atom is 0.471 e. The highest BCUT2D eigenvalue weighted by molar-refractivity contribution is 5.81. The number of amides is 2. The molecule has 0 aromatic carbocycles. The summed E-state index contributed by atoms with van der Waals surface area (Å²) in [7, 11) is 0. The Morgan fingerprint density at radius 3 is 2.35 bits per heavy atom. The van der Waals surface area contributed by atoms with E-state index < -0.39 is 12.1 Å². The van der Waals surface area contributed by atoms with Crippen LogP contribution in [0.4, 0.5) is 13.2 Å². The molecule has 116 valence electrons. The molecule has 1 aliphatic heterocycles. The summed E-state index contributed by atoms with van der Waals surface area (Å²) in [5.41, 5.74) is 0. The van der Waals surface area contributed by atoms with Gasteiger partial charge in [0.1, 0.15) is 0 Å². The molecule has 1 heterocycles. The van der Waals surface area contributed by atoms with Crippen molar-refractivity contribution in [3.05, 3.63) is 0 Å². The smallest absolute Gasteiger partial charge is 0.356 e. The first kappa shape index (κ1) is 16.8. The van der Waals surface area contributed by atoms with Crippen molar-refractivity contribution >= 4 is 11.8 Å². The Kier molecular flexibility index (Phi) is 6.29. The van der Waals surface area contributed by atoms with E-state index in [9.17, 15) is 22.8 Å². The Labute approximate surface area is 116 Å². The van der Waals surface area contributed by atoms with E-state index in [-0.39, 0.29) is 24.9 Å². The van der Waals surface area contributed by atoms with Gasteiger partial charge in [-0.2, -0.15) is 13.2 Å². The van der Waals surface area contributed by atoms with Gasteiger partial charge in [0.05, 0.1) is 0 Å². The van der Waals surface area contributed by atoms with Crippen molar-refractivity contribution in [2.45, 2.75) is 45.2 Å². The van der Waals surface area contributed by atoms with Crippen molar-refractivity contribution in [2.75, 3.05) is 19.6 Å². The Morgan fingerprint density at radius 2 is 1.85 bits per heavy atom. The molecule has 1 N–H and O–H groups in total. The maximum absolute atomic E-state index is 12.3. The predicted octanol–water partition coefficient (Wildman–Crippen LogP) is 2.09. The molecule has 0 spiro atoms. The fourth-order valence-corrected chi connectivity index (χ4v) is 2.20. The number of piperidine rings is 1. The molecule has 0 radical (unpaired) electrons. The lowest BCUT2D eigenvalue weighted by Gasteiger charge is -2.32. The van der Waals surface area contributed by atoms with Crippen LogP contribution in [0.15, 0.2) is 0 Å². The number of rotatable bonds is 5. The fraction of sp³-hybridized carbons (Fsp3) is 0.846. The van der Waals surface area contributed by atoms with Gasteiger partial charge in [-0.3, -0.25) is 9.59 Å². The van der Waals surface area contributed by atoms with Crippen LogP contribution in [0.25, 0.3) is 0 Å². The quantitative estimate of drug-likeness (QED) is 0.844. The van der Waals surface area contributed by atoms with Gasteiger partial charge in [0.25, 0.3) is 0 Å². The molecule has 20 heavy (non-hydrogen) atoms. The molecule has 1 rings (SSSR count). The van der Waals surface area contributed by atoms with Crippen LogP contribution in [-0.2, 0) is 9.59 Å². The van der Waals surface area contributed by atoms with E-state index in [1.807, 2.05) is 6.92 Å². The largest absolute Gasteiger partial charge is 0.471 e. The van der Waals surface area contributed by atoms with Crippen molar-refractivity contribution in [2.24, 2.45) is 5.92 Å². The molecule has 4 nitrogen and oxygen atoms in total. The Bertz CT molecular complexity index is 337. The van der Waals surface area contributed by atoms with E-state index in [1.54, 1.807) is 0 Å². The lowest BCUT2D eigenvalue weighted by molar-refractivity contribution is -0.186. The highest BCUT2D eigenvalue weighted by Crippen LogP contribution is 2.23. The monoisotopic (exact) mass is 294 g/mol. The number of carbonyl (C=O) groups excluding carboxylic acids is 2. The normalized spacial score (nSPS) is 17.1. The standard InChI is InChI=1S/C13H21F3N2O2/c1-2-3-4-11(19)17-9-10-5-7-18(8-6-10)12(20)13(14,15)16/h10H,2-9H2,1H3,(H,17,19). The SMILES string of the molecule is CCCCC(=O)NCC1CCN(C(=O)C(F)(F)F)CC1. The second-order valence-corrected chi connectivity index (χ2v) is 5.14. The van der Waals surface area contributed by atoms with Crippen LogP contribution in [-0.4, -0.2) is 42.5 Å². The molecular formula is C13H21F3N2O2. The summed E-state index contributed by atoms with van der Waals surface area (Å²) >= 11 is 0. The van der Waals surface area contributed by atoms with Gasteiger partial charge in [0.2, 0.25) is 5.91 Å². The first-order valence-corrected chi connectivity index (χ1v) is 6.97. The molecule has 2 amide bonds. The Morgan fingerprint density at radius 1 is 1.25 bits per heavy atom. The minimum absolute atomic E-state index is 0.0133. The van der Waals surface area contributed by atoms with Crippen molar-refractivity contribution in [1.82, 2.24) is 10.2 Å². The highest BCUT2D eigenvalue weighted by Gasteiger charge is 2.43. The summed E-state index contributed by atoms with van der Waals surface area (Å²) in [5, 5.41) is 2.80. The third-order valence-corrected chi connectivity index (χ3v) is 3.49. The summed E-state index contributed by atoms with van der Waals surface area (Å²) in [6.45, 7) is 2.69. The zero-order chi connectivity index (χ0) is 15.2. The van der Waals surface area contributed by atoms with Crippen LogP contribution in [0.1, 0.15) is 39.0 Å². The predicted molar refractivity (Wildman–Crippen MR) is 67.9 cm³/mol. The van der Waals surface area contributed by atoms with Crippen molar-refractivity contribution in [3.8, 4) is 0 Å². The third kappa shape index (κ3) is 5.38. The van der Waals surface area contributed by atoms with Crippen LogP contribution < -0.4 is 5.32 Å². The molecule has 0 aliphatic carbocycles. The number of likely N-dealkylation sites (tertiary alicyclic amines) is 1. The average molecular weight is 294 g/mol. The van der Waals surface area contributed by atoms with Crippen LogP contribution in [0.3, 0.4) is 0 Å². The van der Waals surface area contributed by atoms with E-state index in [1.165, 1.54) is 0 Å². The van der Waals surface area contributed by atoms with Crippen LogP contribution in [0.2, 0.25) is 0 Å². The molecule has 1 aliphatic rings. The minimum atomic E-state index is -4.79. The van der Waals surface area contributed by atoms with Gasteiger partial charge in [-0.15, -0.1) is 0 Å². The number of unbranched alkanes of at least 4 members (excludes halogenated alkanes) is 1. The zero-order valence-electron chi connectivity index (χ0n) is 11.6. The van der Waals surface area contributed by atoms with E-state index in [2.05, 4.69) is 5.32 Å². The number of nitrogens with zero attached hydrogens (tertiary/aromatic N) is 1. The second kappa shape index (κ2) is 7.50. The minimum Gasteiger partial charge on any atom is -0.356 e. The summed E-state index contributed by atoms with van der Waals surface area (Å²) in [5.74, 6) is -1.62. The average Bonchev–Trinajstić information content (AvgIpc) is 2.41. The molecule has 0 bridgehead atoms. The molecule has 0 aromatic rings. The van der Waals surface area contributed by atoms with Gasteiger partial charge in [-0.1, -0.05) is 13.3 Å². The topological polar surface area (TPSA) is 49.4 Å². The Hall–Kier alpha value is -1.27. The number of halogens is 3. The van der Waals surface area contributed by atoms with E-state index >= 15 is 0 Å². The summed E-state index contributed by atoms with van der Waals surface area (Å²) < 4.78 is 36.8. The number of hydrogen-bond donors (Lipinski definition) is 1. The van der Waals surface area contributed by atoms with Crippen LogP contribution >= 0.6 is 0 Å². The number of nitrogens with one attached hydrogen (secondary N) is 1. The van der Waals surface area contributed by atoms with Gasteiger partial charge in [0.15, 0.2) is 0 Å². The summed E-state index contributed by atoms with van der Waals surface area (Å²) in [4.78, 5) is 23.3. The van der Waals surface area contributed by atoms with Crippen LogP contribution in [0.5, 0.6) is 0 Å². The fourth-order valence-electron chi connectivity index (χ4n) is 2.20. The van der Waals surface area contributed by atoms with Crippen LogP contribution in [0, 0.1) is 5.92 Å². The molecule has 0 aromatic heterocycles. The lowest BCUT2D eigenvalue weighted by atomic mass is 9.96. The van der Waals surface area contributed by atoms with Gasteiger partial charge in [-0.25, -0.2) is 0 Å². The van der Waals surface area contributed by atoms with Crippen molar-refractivity contribution < 1.29 is 22.8 Å².